The lowest BCUT2D eigenvalue weighted by atomic mass is 10.1. The van der Waals surface area contributed by atoms with Gasteiger partial charge in [0.25, 0.3) is 0 Å². The van der Waals surface area contributed by atoms with Gasteiger partial charge >= 0.3 is 0 Å². The van der Waals surface area contributed by atoms with Crippen LogP contribution in [-0.4, -0.2) is 0 Å². The van der Waals surface area contributed by atoms with Crippen molar-refractivity contribution in [2.24, 2.45) is 0 Å². The van der Waals surface area contributed by atoms with Gasteiger partial charge in [-0.3, -0.25) is 0 Å². The molecule has 0 atom stereocenters. The normalized spacial score (nSPS) is 9.40. The number of benzene rings is 2. The molecule has 0 saturated heterocycles. The van der Waals surface area contributed by atoms with Crippen molar-refractivity contribution >= 4 is 18.1 Å². The van der Waals surface area contributed by atoms with Gasteiger partial charge in [-0.05, 0) is 23.3 Å². The molecule has 0 spiro atoms. The molecular weight excluding hydrogens is 213 g/mol. The highest BCUT2D eigenvalue weighted by Crippen LogP contribution is 2.22. The maximum atomic E-state index is 13.1. The van der Waals surface area contributed by atoms with E-state index in [0.717, 1.165) is 11.1 Å². The van der Waals surface area contributed by atoms with Crippen LogP contribution < -0.4 is 5.73 Å². The van der Waals surface area contributed by atoms with E-state index in [1.54, 1.807) is 6.07 Å². The van der Waals surface area contributed by atoms with Gasteiger partial charge in [-0.1, -0.05) is 36.4 Å². The highest BCUT2D eigenvalue weighted by Gasteiger charge is 2.01. The summed E-state index contributed by atoms with van der Waals surface area (Å²) in [6.07, 6.45) is 0. The molecule has 0 unspecified atom stereocenters. The van der Waals surface area contributed by atoms with Crippen molar-refractivity contribution in [1.29, 1.82) is 0 Å². The zero-order valence-corrected chi connectivity index (χ0v) is 8.80. The van der Waals surface area contributed by atoms with Gasteiger partial charge in [0.05, 0.1) is 5.69 Å². The molecule has 78 valence electrons. The summed E-state index contributed by atoms with van der Waals surface area (Å²) in [5.74, 6) is -0.369. The van der Waals surface area contributed by atoms with Gasteiger partial charge in [0.1, 0.15) is 5.82 Å². The van der Waals surface area contributed by atoms with Crippen LogP contribution in [-0.2, 0) is 0 Å². The van der Waals surface area contributed by atoms with E-state index in [9.17, 15) is 4.39 Å². The molecular formula is C12H11ClFN. The molecule has 0 aliphatic heterocycles. The Bertz CT molecular complexity index is 443. The van der Waals surface area contributed by atoms with Crippen molar-refractivity contribution in [3.8, 4) is 11.1 Å². The number of rotatable bonds is 1. The zero-order valence-electron chi connectivity index (χ0n) is 7.98. The molecule has 3 heteroatoms. The summed E-state index contributed by atoms with van der Waals surface area (Å²) in [5, 5.41) is 0. The van der Waals surface area contributed by atoms with E-state index >= 15 is 0 Å². The summed E-state index contributed by atoms with van der Waals surface area (Å²) in [7, 11) is 0. The first-order valence-electron chi connectivity index (χ1n) is 4.38. The fourth-order valence-electron chi connectivity index (χ4n) is 1.34. The Hall–Kier alpha value is -1.54. The summed E-state index contributed by atoms with van der Waals surface area (Å²) >= 11 is 0. The lowest BCUT2D eigenvalue weighted by Gasteiger charge is -2.02. The average Bonchev–Trinajstić information content (AvgIpc) is 2.23. The summed E-state index contributed by atoms with van der Waals surface area (Å²) in [6.45, 7) is 0. The van der Waals surface area contributed by atoms with Gasteiger partial charge in [0.15, 0.2) is 0 Å². The molecule has 0 radical (unpaired) electrons. The maximum absolute atomic E-state index is 13.1. The van der Waals surface area contributed by atoms with E-state index < -0.39 is 0 Å². The van der Waals surface area contributed by atoms with Crippen LogP contribution in [0.4, 0.5) is 10.1 Å². The van der Waals surface area contributed by atoms with Crippen LogP contribution in [0.1, 0.15) is 0 Å². The van der Waals surface area contributed by atoms with Crippen LogP contribution in [0.25, 0.3) is 11.1 Å². The Labute approximate surface area is 94.1 Å². The maximum Gasteiger partial charge on any atom is 0.146 e. The van der Waals surface area contributed by atoms with Gasteiger partial charge in [-0.25, -0.2) is 4.39 Å². The largest absolute Gasteiger partial charge is 0.396 e. The van der Waals surface area contributed by atoms with Crippen LogP contribution in [0.2, 0.25) is 0 Å². The van der Waals surface area contributed by atoms with Crippen LogP contribution >= 0.6 is 12.4 Å². The van der Waals surface area contributed by atoms with E-state index in [-0.39, 0.29) is 23.9 Å². The summed E-state index contributed by atoms with van der Waals surface area (Å²) in [6, 6.07) is 14.5. The SMILES string of the molecule is Cl.Nc1ccc(-c2ccccc2)cc1F. The van der Waals surface area contributed by atoms with Crippen molar-refractivity contribution in [3.63, 3.8) is 0 Å². The molecule has 0 bridgehead atoms. The number of nitrogen functional groups attached to an aromatic ring is 1. The predicted molar refractivity (Wildman–Crippen MR) is 63.5 cm³/mol. The van der Waals surface area contributed by atoms with E-state index in [0.29, 0.717) is 0 Å². The third-order valence-corrected chi connectivity index (χ3v) is 2.11. The standard InChI is InChI=1S/C12H10FN.ClH/c13-11-8-10(6-7-12(11)14)9-4-2-1-3-5-9;/h1-8H,14H2;1H. The van der Waals surface area contributed by atoms with E-state index in [1.165, 1.54) is 6.07 Å². The molecule has 2 aromatic carbocycles. The lowest BCUT2D eigenvalue weighted by Crippen LogP contribution is -1.90. The average molecular weight is 224 g/mol. The smallest absolute Gasteiger partial charge is 0.146 e. The van der Waals surface area contributed by atoms with Crippen molar-refractivity contribution < 1.29 is 4.39 Å². The Morgan fingerprint density at radius 3 is 2.13 bits per heavy atom. The molecule has 15 heavy (non-hydrogen) atoms. The van der Waals surface area contributed by atoms with Gasteiger partial charge in [-0.2, -0.15) is 0 Å². The van der Waals surface area contributed by atoms with Gasteiger partial charge in [0.2, 0.25) is 0 Å². The molecule has 0 aliphatic rings. The second-order valence-electron chi connectivity index (χ2n) is 3.10. The van der Waals surface area contributed by atoms with E-state index in [4.69, 9.17) is 5.73 Å². The molecule has 0 amide bonds. The van der Waals surface area contributed by atoms with Crippen molar-refractivity contribution in [1.82, 2.24) is 0 Å². The molecule has 1 nitrogen and oxygen atoms in total. The fourth-order valence-corrected chi connectivity index (χ4v) is 1.34. The highest BCUT2D eigenvalue weighted by atomic mass is 35.5. The third kappa shape index (κ3) is 2.48. The topological polar surface area (TPSA) is 26.0 Å². The quantitative estimate of drug-likeness (QED) is 0.736. The second kappa shape index (κ2) is 4.80. The fraction of sp³-hybridized carbons (Fsp3) is 0. The number of nitrogens with two attached hydrogens (primary N) is 1. The molecule has 0 fully saturated rings. The zero-order chi connectivity index (χ0) is 9.97. The minimum Gasteiger partial charge on any atom is -0.396 e. The van der Waals surface area contributed by atoms with Crippen molar-refractivity contribution in [2.45, 2.75) is 0 Å². The first-order valence-corrected chi connectivity index (χ1v) is 4.38. The number of hydrogen-bond acceptors (Lipinski definition) is 1. The lowest BCUT2D eigenvalue weighted by molar-refractivity contribution is 0.633. The Morgan fingerprint density at radius 2 is 1.53 bits per heavy atom. The molecule has 0 heterocycles. The Morgan fingerprint density at radius 1 is 0.867 bits per heavy atom. The summed E-state index contributed by atoms with van der Waals surface area (Å²) in [5.41, 5.74) is 7.41. The first kappa shape index (κ1) is 11.5. The Kier molecular flexibility index (Phi) is 3.69. The Balaban J connectivity index is 0.00000112. The van der Waals surface area contributed by atoms with Gasteiger partial charge in [-0.15, -0.1) is 12.4 Å². The third-order valence-electron chi connectivity index (χ3n) is 2.11. The monoisotopic (exact) mass is 223 g/mol. The van der Waals surface area contributed by atoms with E-state index in [1.807, 2.05) is 36.4 Å². The van der Waals surface area contributed by atoms with Crippen LogP contribution in [0.3, 0.4) is 0 Å². The van der Waals surface area contributed by atoms with Gasteiger partial charge < -0.3 is 5.73 Å². The van der Waals surface area contributed by atoms with Crippen LogP contribution in [0.5, 0.6) is 0 Å². The molecule has 2 aromatic rings. The minimum atomic E-state index is -0.369. The second-order valence-corrected chi connectivity index (χ2v) is 3.10. The van der Waals surface area contributed by atoms with Crippen LogP contribution in [0, 0.1) is 5.82 Å². The number of anilines is 1. The van der Waals surface area contributed by atoms with Crippen LogP contribution in [0.15, 0.2) is 48.5 Å². The molecule has 2 N–H and O–H groups in total. The number of hydrogen-bond donors (Lipinski definition) is 1. The highest BCUT2D eigenvalue weighted by molar-refractivity contribution is 5.85. The van der Waals surface area contributed by atoms with Gasteiger partial charge in [0, 0.05) is 0 Å². The van der Waals surface area contributed by atoms with E-state index in [2.05, 4.69) is 0 Å². The predicted octanol–water partition coefficient (Wildman–Crippen LogP) is 3.50. The summed E-state index contributed by atoms with van der Waals surface area (Å²) in [4.78, 5) is 0. The van der Waals surface area contributed by atoms with Crippen molar-refractivity contribution in [2.75, 3.05) is 5.73 Å². The summed E-state index contributed by atoms with van der Waals surface area (Å²) < 4.78 is 13.1. The molecule has 0 saturated carbocycles. The molecule has 2 rings (SSSR count). The van der Waals surface area contributed by atoms with Crippen molar-refractivity contribution in [3.05, 3.63) is 54.3 Å². The minimum absolute atomic E-state index is 0. The number of halogens is 2. The molecule has 0 aromatic heterocycles. The molecule has 0 aliphatic carbocycles. The first-order chi connectivity index (χ1) is 6.77.